The molecule has 0 atom stereocenters. The predicted octanol–water partition coefficient (Wildman–Crippen LogP) is 3.88. The average molecular weight is 318 g/mol. The number of aromatic nitrogens is 2. The van der Waals surface area contributed by atoms with Crippen LogP contribution in [0.3, 0.4) is 0 Å². The summed E-state index contributed by atoms with van der Waals surface area (Å²) < 4.78 is 1.03. The quantitative estimate of drug-likeness (QED) is 0.828. The van der Waals surface area contributed by atoms with Crippen molar-refractivity contribution in [3.05, 3.63) is 16.0 Å². The van der Waals surface area contributed by atoms with Crippen molar-refractivity contribution in [1.29, 1.82) is 0 Å². The summed E-state index contributed by atoms with van der Waals surface area (Å²) in [6, 6.07) is 0. The smallest absolute Gasteiger partial charge is 0.144 e. The number of hydrogen-bond donors (Lipinski definition) is 1. The number of nitrogens with one attached hydrogen (secondary N) is 1. The molecule has 5 heteroatoms. The summed E-state index contributed by atoms with van der Waals surface area (Å²) in [5.41, 5.74) is 1.12. The third-order valence-corrected chi connectivity index (χ3v) is 3.65. The van der Waals surface area contributed by atoms with Gasteiger partial charge in [-0.1, -0.05) is 20.3 Å². The van der Waals surface area contributed by atoms with Crippen molar-refractivity contribution in [1.82, 2.24) is 9.97 Å². The molecule has 1 aromatic heterocycles. The van der Waals surface area contributed by atoms with Crippen LogP contribution in [0.4, 0.5) is 5.82 Å². The van der Waals surface area contributed by atoms with Gasteiger partial charge >= 0.3 is 0 Å². The number of aryl methyl sites for hydroxylation is 1. The first kappa shape index (κ1) is 14.8. The lowest BCUT2D eigenvalue weighted by molar-refractivity contribution is 0.842. The Morgan fingerprint density at radius 1 is 1.24 bits per heavy atom. The molecule has 1 heterocycles. The lowest BCUT2D eigenvalue weighted by Gasteiger charge is -2.11. The number of hydrogen-bond acceptors (Lipinski definition) is 4. The van der Waals surface area contributed by atoms with Crippen molar-refractivity contribution >= 4 is 33.5 Å². The first-order valence-electron chi connectivity index (χ1n) is 6.01. The van der Waals surface area contributed by atoms with Crippen molar-refractivity contribution in [3.63, 3.8) is 0 Å². The van der Waals surface area contributed by atoms with Crippen LogP contribution in [0.2, 0.25) is 0 Å². The van der Waals surface area contributed by atoms with Crippen molar-refractivity contribution in [3.8, 4) is 0 Å². The van der Waals surface area contributed by atoms with Gasteiger partial charge in [0.15, 0.2) is 0 Å². The minimum atomic E-state index is 0.866. The molecule has 0 saturated carbocycles. The van der Waals surface area contributed by atoms with E-state index in [2.05, 4.69) is 51.3 Å². The average Bonchev–Trinajstić information content (AvgIpc) is 2.32. The van der Waals surface area contributed by atoms with Crippen molar-refractivity contribution in [2.75, 3.05) is 18.1 Å². The zero-order valence-electron chi connectivity index (χ0n) is 10.7. The van der Waals surface area contributed by atoms with Gasteiger partial charge in [-0.2, -0.15) is 11.8 Å². The SMILES string of the molecule is CCCNc1nc(CSC)nc(CCC)c1Br. The predicted molar refractivity (Wildman–Crippen MR) is 79.7 cm³/mol. The molecular formula is C12H20BrN3S. The normalized spacial score (nSPS) is 10.6. The Morgan fingerprint density at radius 2 is 2.00 bits per heavy atom. The molecule has 1 aromatic rings. The molecular weight excluding hydrogens is 298 g/mol. The minimum absolute atomic E-state index is 0.866. The van der Waals surface area contributed by atoms with E-state index < -0.39 is 0 Å². The molecule has 0 fully saturated rings. The lowest BCUT2D eigenvalue weighted by Crippen LogP contribution is -2.08. The van der Waals surface area contributed by atoms with Crippen LogP contribution < -0.4 is 5.32 Å². The maximum absolute atomic E-state index is 4.60. The van der Waals surface area contributed by atoms with Gasteiger partial charge in [0.25, 0.3) is 0 Å². The third kappa shape index (κ3) is 4.47. The Morgan fingerprint density at radius 3 is 2.59 bits per heavy atom. The molecule has 3 nitrogen and oxygen atoms in total. The summed E-state index contributed by atoms with van der Waals surface area (Å²) in [5, 5.41) is 3.35. The minimum Gasteiger partial charge on any atom is -0.369 e. The number of thioether (sulfide) groups is 1. The van der Waals surface area contributed by atoms with Crippen LogP contribution in [-0.2, 0) is 12.2 Å². The highest BCUT2D eigenvalue weighted by Gasteiger charge is 2.11. The van der Waals surface area contributed by atoms with Crippen molar-refractivity contribution in [2.24, 2.45) is 0 Å². The van der Waals surface area contributed by atoms with E-state index in [-0.39, 0.29) is 0 Å². The molecule has 0 bridgehead atoms. The summed E-state index contributed by atoms with van der Waals surface area (Å²) >= 11 is 5.36. The van der Waals surface area contributed by atoms with E-state index in [0.29, 0.717) is 0 Å². The maximum Gasteiger partial charge on any atom is 0.144 e. The highest BCUT2D eigenvalue weighted by Crippen LogP contribution is 2.25. The second-order valence-electron chi connectivity index (χ2n) is 3.86. The van der Waals surface area contributed by atoms with E-state index in [9.17, 15) is 0 Å². The molecule has 1 N–H and O–H groups in total. The molecule has 0 saturated heterocycles. The highest BCUT2D eigenvalue weighted by molar-refractivity contribution is 9.10. The second kappa shape index (κ2) is 7.93. The molecule has 0 unspecified atom stereocenters. The van der Waals surface area contributed by atoms with Crippen LogP contribution >= 0.6 is 27.7 Å². The molecule has 0 spiro atoms. The Labute approximate surface area is 116 Å². The van der Waals surface area contributed by atoms with Crippen LogP contribution in [0.25, 0.3) is 0 Å². The van der Waals surface area contributed by atoms with Crippen LogP contribution in [0, 0.1) is 0 Å². The molecule has 96 valence electrons. The largest absolute Gasteiger partial charge is 0.369 e. The summed E-state index contributed by atoms with van der Waals surface area (Å²) in [7, 11) is 0. The fourth-order valence-corrected chi connectivity index (χ4v) is 2.40. The standard InChI is InChI=1S/C12H20BrN3S/c1-4-6-9-11(13)12(14-7-5-2)16-10(15-9)8-17-3/h4-8H2,1-3H3,(H,14,15,16). The van der Waals surface area contributed by atoms with Gasteiger partial charge in [0.1, 0.15) is 11.6 Å². The van der Waals surface area contributed by atoms with Gasteiger partial charge in [-0.25, -0.2) is 9.97 Å². The van der Waals surface area contributed by atoms with Gasteiger partial charge in [-0.3, -0.25) is 0 Å². The first-order valence-corrected chi connectivity index (χ1v) is 8.19. The number of rotatable bonds is 7. The molecule has 0 aliphatic heterocycles. The summed E-state index contributed by atoms with van der Waals surface area (Å²) in [6.07, 6.45) is 5.26. The zero-order chi connectivity index (χ0) is 12.7. The van der Waals surface area contributed by atoms with Crippen LogP contribution in [0.15, 0.2) is 4.47 Å². The van der Waals surface area contributed by atoms with Crippen molar-refractivity contribution < 1.29 is 0 Å². The van der Waals surface area contributed by atoms with Crippen LogP contribution in [0.5, 0.6) is 0 Å². The molecule has 17 heavy (non-hydrogen) atoms. The third-order valence-electron chi connectivity index (χ3n) is 2.27. The fraction of sp³-hybridized carbons (Fsp3) is 0.667. The van der Waals surface area contributed by atoms with Gasteiger partial charge in [0, 0.05) is 6.54 Å². The molecule has 0 amide bonds. The monoisotopic (exact) mass is 317 g/mol. The zero-order valence-corrected chi connectivity index (χ0v) is 13.1. The molecule has 0 aromatic carbocycles. The number of anilines is 1. The summed E-state index contributed by atoms with van der Waals surface area (Å²) in [6.45, 7) is 5.26. The number of halogens is 1. The van der Waals surface area contributed by atoms with Gasteiger partial charge < -0.3 is 5.32 Å². The van der Waals surface area contributed by atoms with E-state index in [1.54, 1.807) is 11.8 Å². The van der Waals surface area contributed by atoms with E-state index in [0.717, 1.165) is 53.4 Å². The van der Waals surface area contributed by atoms with Crippen molar-refractivity contribution in [2.45, 2.75) is 38.9 Å². The Balaban J connectivity index is 2.99. The molecule has 1 rings (SSSR count). The fourth-order valence-electron chi connectivity index (χ4n) is 1.50. The molecule has 0 radical (unpaired) electrons. The topological polar surface area (TPSA) is 37.8 Å². The molecule has 0 aliphatic rings. The Kier molecular flexibility index (Phi) is 6.89. The van der Waals surface area contributed by atoms with Crippen LogP contribution in [0.1, 0.15) is 38.2 Å². The van der Waals surface area contributed by atoms with Gasteiger partial charge in [0.05, 0.1) is 15.9 Å². The lowest BCUT2D eigenvalue weighted by atomic mass is 10.2. The van der Waals surface area contributed by atoms with Gasteiger partial charge in [-0.05, 0) is 35.0 Å². The Bertz CT molecular complexity index is 358. The van der Waals surface area contributed by atoms with Gasteiger partial charge in [0.2, 0.25) is 0 Å². The first-order chi connectivity index (χ1) is 8.22. The van der Waals surface area contributed by atoms with E-state index in [1.807, 2.05) is 0 Å². The maximum atomic E-state index is 4.60. The highest BCUT2D eigenvalue weighted by atomic mass is 79.9. The van der Waals surface area contributed by atoms with E-state index >= 15 is 0 Å². The number of nitrogens with zero attached hydrogens (tertiary/aromatic N) is 2. The van der Waals surface area contributed by atoms with E-state index in [1.165, 1.54) is 0 Å². The molecule has 0 aliphatic carbocycles. The Hall–Kier alpha value is -0.290. The van der Waals surface area contributed by atoms with E-state index in [4.69, 9.17) is 0 Å². The van der Waals surface area contributed by atoms with Gasteiger partial charge in [-0.15, -0.1) is 0 Å². The second-order valence-corrected chi connectivity index (χ2v) is 5.52. The summed E-state index contributed by atoms with van der Waals surface area (Å²) in [5.74, 6) is 2.72. The summed E-state index contributed by atoms with van der Waals surface area (Å²) in [4.78, 5) is 9.15. The van der Waals surface area contributed by atoms with Crippen LogP contribution in [-0.4, -0.2) is 22.8 Å².